The van der Waals surface area contributed by atoms with Crippen molar-refractivity contribution in [2.75, 3.05) is 0 Å². The molecule has 1 aliphatic rings. The number of nitrogens with zero attached hydrogens (tertiary/aromatic N) is 6. The first-order valence-corrected chi connectivity index (χ1v) is 6.75. The van der Waals surface area contributed by atoms with Gasteiger partial charge in [-0.3, -0.25) is 4.68 Å². The quantitative estimate of drug-likeness (QED) is 0.838. The predicted molar refractivity (Wildman–Crippen MR) is 69.3 cm³/mol. The van der Waals surface area contributed by atoms with Crippen molar-refractivity contribution in [1.82, 2.24) is 35.3 Å². The fourth-order valence-corrected chi connectivity index (χ4v) is 2.10. The number of aromatic nitrogens is 6. The van der Waals surface area contributed by atoms with Crippen molar-refractivity contribution >= 4 is 0 Å². The molecular formula is C12H19N7. The molecule has 2 aromatic heterocycles. The van der Waals surface area contributed by atoms with Crippen molar-refractivity contribution in [3.8, 4) is 0 Å². The lowest BCUT2D eigenvalue weighted by Crippen LogP contribution is -2.34. The lowest BCUT2D eigenvalue weighted by Gasteiger charge is -2.21. The Kier molecular flexibility index (Phi) is 3.29. The van der Waals surface area contributed by atoms with Crippen LogP contribution in [0.15, 0.2) is 18.5 Å². The van der Waals surface area contributed by atoms with Gasteiger partial charge in [0.1, 0.15) is 0 Å². The molecule has 0 bridgehead atoms. The lowest BCUT2D eigenvalue weighted by molar-refractivity contribution is 0.359. The van der Waals surface area contributed by atoms with Gasteiger partial charge >= 0.3 is 0 Å². The molecule has 19 heavy (non-hydrogen) atoms. The third-order valence-corrected chi connectivity index (χ3v) is 3.70. The van der Waals surface area contributed by atoms with E-state index in [1.165, 1.54) is 12.8 Å². The maximum absolute atomic E-state index is 4.27. The molecule has 3 rings (SSSR count). The van der Waals surface area contributed by atoms with E-state index in [0.717, 1.165) is 5.82 Å². The Morgan fingerprint density at radius 2 is 2.26 bits per heavy atom. The first kappa shape index (κ1) is 12.3. The van der Waals surface area contributed by atoms with E-state index in [1.54, 1.807) is 6.20 Å². The van der Waals surface area contributed by atoms with Crippen LogP contribution < -0.4 is 5.32 Å². The van der Waals surface area contributed by atoms with Crippen LogP contribution in [0.5, 0.6) is 0 Å². The predicted octanol–water partition coefficient (Wildman–Crippen LogP) is 0.944. The number of rotatable bonds is 6. The molecular weight excluding hydrogens is 242 g/mol. The Labute approximate surface area is 112 Å². The van der Waals surface area contributed by atoms with Crippen LogP contribution in [0.25, 0.3) is 0 Å². The van der Waals surface area contributed by atoms with Crippen LogP contribution in [-0.2, 0) is 6.54 Å². The minimum absolute atomic E-state index is 0.292. The van der Waals surface area contributed by atoms with Crippen LogP contribution >= 0.6 is 0 Å². The van der Waals surface area contributed by atoms with Crippen LogP contribution in [0.3, 0.4) is 0 Å². The molecule has 0 radical (unpaired) electrons. The van der Waals surface area contributed by atoms with Crippen LogP contribution in [0.2, 0.25) is 0 Å². The van der Waals surface area contributed by atoms with Gasteiger partial charge in [-0.15, -0.1) is 5.10 Å². The number of hydrogen-bond donors (Lipinski definition) is 1. The zero-order valence-corrected chi connectivity index (χ0v) is 11.3. The molecule has 1 N–H and O–H groups in total. The van der Waals surface area contributed by atoms with Gasteiger partial charge < -0.3 is 5.32 Å². The first-order valence-electron chi connectivity index (χ1n) is 6.75. The topological polar surface area (TPSA) is 73.5 Å². The second-order valence-corrected chi connectivity index (χ2v) is 5.17. The second-order valence-electron chi connectivity index (χ2n) is 5.17. The summed E-state index contributed by atoms with van der Waals surface area (Å²) >= 11 is 0. The van der Waals surface area contributed by atoms with E-state index < -0.39 is 0 Å². The molecule has 0 saturated heterocycles. The van der Waals surface area contributed by atoms with Crippen molar-refractivity contribution in [3.05, 3.63) is 24.3 Å². The van der Waals surface area contributed by atoms with Gasteiger partial charge in [0.25, 0.3) is 0 Å². The second kappa shape index (κ2) is 5.08. The molecule has 2 atom stereocenters. The van der Waals surface area contributed by atoms with E-state index in [0.29, 0.717) is 24.7 Å². The molecule has 0 aliphatic heterocycles. The van der Waals surface area contributed by atoms with Gasteiger partial charge in [0.15, 0.2) is 5.82 Å². The van der Waals surface area contributed by atoms with E-state index in [1.807, 2.05) is 21.6 Å². The molecule has 0 aromatic carbocycles. The SMILES string of the molecule is CC(NCc1nnnn1C1CC1)C(C)n1cccn1. The summed E-state index contributed by atoms with van der Waals surface area (Å²) < 4.78 is 3.90. The highest BCUT2D eigenvalue weighted by Gasteiger charge is 2.27. The summed E-state index contributed by atoms with van der Waals surface area (Å²) in [5, 5.41) is 19.6. The van der Waals surface area contributed by atoms with Gasteiger partial charge in [-0.2, -0.15) is 5.10 Å². The highest BCUT2D eigenvalue weighted by atomic mass is 15.6. The largest absolute Gasteiger partial charge is 0.305 e. The van der Waals surface area contributed by atoms with E-state index >= 15 is 0 Å². The molecule has 1 saturated carbocycles. The maximum atomic E-state index is 4.27. The highest BCUT2D eigenvalue weighted by Crippen LogP contribution is 2.34. The smallest absolute Gasteiger partial charge is 0.165 e. The minimum atomic E-state index is 0.292. The normalized spacial score (nSPS) is 18.4. The van der Waals surface area contributed by atoms with Crippen LogP contribution in [-0.4, -0.2) is 36.0 Å². The fourth-order valence-electron chi connectivity index (χ4n) is 2.10. The van der Waals surface area contributed by atoms with Crippen LogP contribution in [0, 0.1) is 0 Å². The summed E-state index contributed by atoms with van der Waals surface area (Å²) in [6.45, 7) is 4.99. The van der Waals surface area contributed by atoms with E-state index in [9.17, 15) is 0 Å². The summed E-state index contributed by atoms with van der Waals surface area (Å²) in [6, 6.07) is 3.05. The Morgan fingerprint density at radius 3 is 2.95 bits per heavy atom. The van der Waals surface area contributed by atoms with Crippen molar-refractivity contribution in [2.24, 2.45) is 0 Å². The molecule has 2 aromatic rings. The van der Waals surface area contributed by atoms with Gasteiger partial charge in [0.2, 0.25) is 0 Å². The van der Waals surface area contributed by atoms with Crippen molar-refractivity contribution < 1.29 is 0 Å². The molecule has 102 valence electrons. The van der Waals surface area contributed by atoms with Crippen molar-refractivity contribution in [2.45, 2.75) is 51.4 Å². The van der Waals surface area contributed by atoms with Gasteiger partial charge in [-0.25, -0.2) is 4.68 Å². The Morgan fingerprint density at radius 1 is 1.42 bits per heavy atom. The maximum Gasteiger partial charge on any atom is 0.165 e. The number of hydrogen-bond acceptors (Lipinski definition) is 5. The summed E-state index contributed by atoms with van der Waals surface area (Å²) in [5.74, 6) is 0.919. The van der Waals surface area contributed by atoms with Crippen molar-refractivity contribution in [1.29, 1.82) is 0 Å². The standard InChI is InChI=1S/C12H19N7/c1-9(10(2)18-7-3-6-14-18)13-8-12-15-16-17-19(12)11-4-5-11/h3,6-7,9-11,13H,4-5,8H2,1-2H3. The summed E-state index contributed by atoms with van der Waals surface area (Å²) in [7, 11) is 0. The van der Waals surface area contributed by atoms with Gasteiger partial charge in [0.05, 0.1) is 18.6 Å². The minimum Gasteiger partial charge on any atom is -0.305 e. The molecule has 0 amide bonds. The van der Waals surface area contributed by atoms with Gasteiger partial charge in [0, 0.05) is 18.4 Å². The summed E-state index contributed by atoms with van der Waals surface area (Å²) in [4.78, 5) is 0. The number of tetrazole rings is 1. The monoisotopic (exact) mass is 261 g/mol. The number of nitrogens with one attached hydrogen (secondary N) is 1. The third-order valence-electron chi connectivity index (χ3n) is 3.70. The average molecular weight is 261 g/mol. The van der Waals surface area contributed by atoms with Crippen LogP contribution in [0.1, 0.15) is 44.6 Å². The molecule has 2 heterocycles. The summed E-state index contributed by atoms with van der Waals surface area (Å²) in [5.41, 5.74) is 0. The fraction of sp³-hybridized carbons (Fsp3) is 0.667. The average Bonchev–Trinajstić information content (AvgIpc) is 2.95. The summed E-state index contributed by atoms with van der Waals surface area (Å²) in [6.07, 6.45) is 6.17. The third kappa shape index (κ3) is 2.65. The Hall–Kier alpha value is -1.76. The molecule has 0 spiro atoms. The van der Waals surface area contributed by atoms with E-state index in [4.69, 9.17) is 0 Å². The van der Waals surface area contributed by atoms with Gasteiger partial charge in [-0.05, 0) is 43.2 Å². The molecule has 7 nitrogen and oxygen atoms in total. The molecule has 1 aliphatic carbocycles. The van der Waals surface area contributed by atoms with E-state index in [-0.39, 0.29) is 0 Å². The lowest BCUT2D eigenvalue weighted by atomic mass is 10.2. The Balaban J connectivity index is 1.58. The zero-order chi connectivity index (χ0) is 13.2. The van der Waals surface area contributed by atoms with Gasteiger partial charge in [-0.1, -0.05) is 0 Å². The molecule has 1 fully saturated rings. The Bertz CT molecular complexity index is 514. The highest BCUT2D eigenvalue weighted by molar-refractivity contribution is 4.91. The zero-order valence-electron chi connectivity index (χ0n) is 11.3. The van der Waals surface area contributed by atoms with Crippen molar-refractivity contribution in [3.63, 3.8) is 0 Å². The first-order chi connectivity index (χ1) is 9.25. The molecule has 2 unspecified atom stereocenters. The molecule has 7 heteroatoms. The van der Waals surface area contributed by atoms with E-state index in [2.05, 4.69) is 39.8 Å². The van der Waals surface area contributed by atoms with Crippen LogP contribution in [0.4, 0.5) is 0 Å².